The summed E-state index contributed by atoms with van der Waals surface area (Å²) in [6.07, 6.45) is 0.969. The molecule has 0 radical (unpaired) electrons. The maximum absolute atomic E-state index is 13.3. The highest BCUT2D eigenvalue weighted by atomic mass is 32.2. The summed E-state index contributed by atoms with van der Waals surface area (Å²) in [5.41, 5.74) is 4.01. The van der Waals surface area contributed by atoms with Crippen molar-refractivity contribution in [2.75, 3.05) is 37.7 Å². The van der Waals surface area contributed by atoms with E-state index in [1.54, 1.807) is 0 Å². The molecule has 0 saturated carbocycles. The fourth-order valence-corrected chi connectivity index (χ4v) is 5.45. The molecule has 0 aliphatic carbocycles. The van der Waals surface area contributed by atoms with Crippen LogP contribution in [0.5, 0.6) is 0 Å². The largest absolute Gasteiger partial charge is 0.341 e. The third kappa shape index (κ3) is 4.79. The molecule has 2 fully saturated rings. The lowest BCUT2D eigenvalue weighted by Crippen LogP contribution is -2.48. The van der Waals surface area contributed by atoms with Crippen LogP contribution >= 0.6 is 11.8 Å². The van der Waals surface area contributed by atoms with E-state index in [9.17, 15) is 4.79 Å². The van der Waals surface area contributed by atoms with Crippen LogP contribution in [0.2, 0.25) is 0 Å². The molecule has 0 aromatic heterocycles. The van der Waals surface area contributed by atoms with Crippen molar-refractivity contribution in [3.05, 3.63) is 71.3 Å². The minimum Gasteiger partial charge on any atom is -0.341 e. The number of hydrogen-bond acceptors (Lipinski definition) is 3. The van der Waals surface area contributed by atoms with E-state index in [0.717, 1.165) is 50.7 Å². The third-order valence-corrected chi connectivity index (χ3v) is 6.90. The molecule has 2 heterocycles. The number of nitrogens with zero attached hydrogens (tertiary/aromatic N) is 2. The Bertz CT molecular complexity index is 788. The SMILES string of the molecule is Cc1cccc(C2CC(C(=O)N3CCSCC3)CN(Cc3ccccc3)C2)c1. The molecule has 148 valence electrons. The first-order chi connectivity index (χ1) is 13.7. The summed E-state index contributed by atoms with van der Waals surface area (Å²) < 4.78 is 0. The highest BCUT2D eigenvalue weighted by molar-refractivity contribution is 7.99. The minimum atomic E-state index is 0.103. The summed E-state index contributed by atoms with van der Waals surface area (Å²) in [5, 5.41) is 0. The molecule has 2 aromatic carbocycles. The van der Waals surface area contributed by atoms with Crippen molar-refractivity contribution in [2.24, 2.45) is 5.92 Å². The Morgan fingerprint density at radius 1 is 1.04 bits per heavy atom. The highest BCUT2D eigenvalue weighted by Gasteiger charge is 2.35. The number of piperidine rings is 1. The minimum absolute atomic E-state index is 0.103. The van der Waals surface area contributed by atoms with E-state index in [2.05, 4.69) is 71.3 Å². The molecular weight excluding hydrogens is 364 g/mol. The van der Waals surface area contributed by atoms with Crippen molar-refractivity contribution < 1.29 is 4.79 Å². The van der Waals surface area contributed by atoms with E-state index >= 15 is 0 Å². The second kappa shape index (κ2) is 9.15. The van der Waals surface area contributed by atoms with E-state index in [0.29, 0.717) is 11.8 Å². The first kappa shape index (κ1) is 19.5. The molecule has 2 aliphatic heterocycles. The molecule has 0 bridgehead atoms. The molecular formula is C24H30N2OS. The van der Waals surface area contributed by atoms with Crippen molar-refractivity contribution in [1.82, 2.24) is 9.80 Å². The molecule has 4 heteroatoms. The number of likely N-dealkylation sites (tertiary alicyclic amines) is 1. The number of amides is 1. The average Bonchev–Trinajstić information content (AvgIpc) is 2.74. The topological polar surface area (TPSA) is 23.6 Å². The van der Waals surface area contributed by atoms with Crippen molar-refractivity contribution in [2.45, 2.75) is 25.8 Å². The van der Waals surface area contributed by atoms with Gasteiger partial charge in [-0.25, -0.2) is 0 Å². The van der Waals surface area contributed by atoms with Crippen molar-refractivity contribution in [3.8, 4) is 0 Å². The Morgan fingerprint density at radius 2 is 1.82 bits per heavy atom. The van der Waals surface area contributed by atoms with Crippen LogP contribution in [0.15, 0.2) is 54.6 Å². The van der Waals surface area contributed by atoms with Gasteiger partial charge in [0.15, 0.2) is 0 Å². The van der Waals surface area contributed by atoms with Gasteiger partial charge >= 0.3 is 0 Å². The van der Waals surface area contributed by atoms with E-state index in [-0.39, 0.29) is 5.92 Å². The van der Waals surface area contributed by atoms with Crippen molar-refractivity contribution >= 4 is 17.7 Å². The van der Waals surface area contributed by atoms with E-state index in [4.69, 9.17) is 0 Å². The molecule has 4 rings (SSSR count). The predicted molar refractivity (Wildman–Crippen MR) is 118 cm³/mol. The summed E-state index contributed by atoms with van der Waals surface area (Å²) in [5.74, 6) is 3.05. The lowest BCUT2D eigenvalue weighted by atomic mass is 9.83. The van der Waals surface area contributed by atoms with Crippen LogP contribution in [0.3, 0.4) is 0 Å². The fourth-order valence-electron chi connectivity index (χ4n) is 4.55. The second-order valence-corrected chi connectivity index (χ2v) is 9.39. The zero-order valence-corrected chi connectivity index (χ0v) is 17.5. The van der Waals surface area contributed by atoms with Gasteiger partial charge in [-0.05, 0) is 30.4 Å². The van der Waals surface area contributed by atoms with Crippen molar-refractivity contribution in [1.29, 1.82) is 0 Å². The first-order valence-corrected chi connectivity index (χ1v) is 11.5. The molecule has 0 spiro atoms. The van der Waals surface area contributed by atoms with Gasteiger partial charge in [-0.15, -0.1) is 0 Å². The maximum atomic E-state index is 13.3. The summed E-state index contributed by atoms with van der Waals surface area (Å²) in [4.78, 5) is 17.9. The second-order valence-electron chi connectivity index (χ2n) is 8.16. The molecule has 3 nitrogen and oxygen atoms in total. The summed E-state index contributed by atoms with van der Waals surface area (Å²) in [6, 6.07) is 19.5. The molecule has 2 atom stereocenters. The third-order valence-electron chi connectivity index (χ3n) is 5.96. The van der Waals surface area contributed by atoms with Crippen LogP contribution in [-0.4, -0.2) is 53.4 Å². The van der Waals surface area contributed by atoms with Gasteiger partial charge < -0.3 is 4.90 Å². The van der Waals surface area contributed by atoms with Crippen LogP contribution in [-0.2, 0) is 11.3 Å². The lowest BCUT2D eigenvalue weighted by Gasteiger charge is -2.40. The number of rotatable bonds is 4. The number of hydrogen-bond donors (Lipinski definition) is 0. The van der Waals surface area contributed by atoms with Crippen LogP contribution in [0.4, 0.5) is 0 Å². The van der Waals surface area contributed by atoms with Crippen LogP contribution in [0.25, 0.3) is 0 Å². The van der Waals surface area contributed by atoms with E-state index in [1.165, 1.54) is 16.7 Å². The number of carbonyl (C=O) groups excluding carboxylic acids is 1. The van der Waals surface area contributed by atoms with Crippen LogP contribution in [0, 0.1) is 12.8 Å². The average molecular weight is 395 g/mol. The van der Waals surface area contributed by atoms with Crippen LogP contribution < -0.4 is 0 Å². The molecule has 1 amide bonds. The zero-order chi connectivity index (χ0) is 19.3. The van der Waals surface area contributed by atoms with Gasteiger partial charge in [0.2, 0.25) is 5.91 Å². The summed E-state index contributed by atoms with van der Waals surface area (Å²) in [6.45, 7) is 6.80. The Morgan fingerprint density at radius 3 is 2.57 bits per heavy atom. The number of carbonyl (C=O) groups is 1. The van der Waals surface area contributed by atoms with Gasteiger partial charge in [0.1, 0.15) is 0 Å². The monoisotopic (exact) mass is 394 g/mol. The Balaban J connectivity index is 1.54. The van der Waals surface area contributed by atoms with Crippen molar-refractivity contribution in [3.63, 3.8) is 0 Å². The Hall–Kier alpha value is -1.78. The number of thioether (sulfide) groups is 1. The van der Waals surface area contributed by atoms with Gasteiger partial charge in [-0.3, -0.25) is 9.69 Å². The quantitative estimate of drug-likeness (QED) is 0.777. The molecule has 0 N–H and O–H groups in total. The predicted octanol–water partition coefficient (Wildman–Crippen LogP) is 4.18. The zero-order valence-electron chi connectivity index (χ0n) is 16.7. The molecule has 28 heavy (non-hydrogen) atoms. The smallest absolute Gasteiger partial charge is 0.227 e. The Kier molecular flexibility index (Phi) is 6.38. The van der Waals surface area contributed by atoms with Gasteiger partial charge in [0, 0.05) is 44.2 Å². The van der Waals surface area contributed by atoms with E-state index < -0.39 is 0 Å². The number of aryl methyl sites for hydroxylation is 1. The van der Waals surface area contributed by atoms with E-state index in [1.807, 2.05) is 11.8 Å². The lowest BCUT2D eigenvalue weighted by molar-refractivity contribution is -0.137. The highest BCUT2D eigenvalue weighted by Crippen LogP contribution is 2.33. The summed E-state index contributed by atoms with van der Waals surface area (Å²) >= 11 is 1.96. The molecule has 2 unspecified atom stereocenters. The molecule has 2 saturated heterocycles. The number of benzene rings is 2. The first-order valence-electron chi connectivity index (χ1n) is 10.4. The normalized spacial score (nSPS) is 23.5. The molecule has 2 aliphatic rings. The Labute approximate surface area is 173 Å². The van der Waals surface area contributed by atoms with Gasteiger partial charge in [-0.2, -0.15) is 11.8 Å². The van der Waals surface area contributed by atoms with Crippen LogP contribution in [0.1, 0.15) is 29.0 Å². The molecule has 2 aromatic rings. The standard InChI is InChI=1S/C24H30N2OS/c1-19-6-5-9-21(14-19)22-15-23(24(27)26-10-12-28-13-11-26)18-25(17-22)16-20-7-3-2-4-8-20/h2-9,14,22-23H,10-13,15-18H2,1H3. The van der Waals surface area contributed by atoms with Gasteiger partial charge in [-0.1, -0.05) is 60.2 Å². The maximum Gasteiger partial charge on any atom is 0.227 e. The fraction of sp³-hybridized carbons (Fsp3) is 0.458. The summed E-state index contributed by atoms with van der Waals surface area (Å²) in [7, 11) is 0. The van der Waals surface area contributed by atoms with Gasteiger partial charge in [0.05, 0.1) is 5.92 Å². The van der Waals surface area contributed by atoms with Gasteiger partial charge in [0.25, 0.3) is 0 Å².